The summed E-state index contributed by atoms with van der Waals surface area (Å²) in [5, 5.41) is 0. The second-order valence-electron chi connectivity index (χ2n) is 2.49. The van der Waals surface area contributed by atoms with Crippen molar-refractivity contribution in [3.8, 4) is 0 Å². The Hall–Kier alpha value is 0.246. The van der Waals surface area contributed by atoms with E-state index in [1.54, 1.807) is 0 Å². The van der Waals surface area contributed by atoms with Crippen LogP contribution in [0.1, 0.15) is 25.7 Å². The Morgan fingerprint density at radius 1 is 0.909 bits per heavy atom. The molecule has 1 saturated carbocycles. The molecule has 1 fully saturated rings. The van der Waals surface area contributed by atoms with Gasteiger partial charge in [0.25, 0.3) is 0 Å². The molecule has 0 saturated heterocycles. The molecule has 0 aliphatic heterocycles. The molecule has 0 aromatic carbocycles. The van der Waals surface area contributed by atoms with Gasteiger partial charge in [0.2, 0.25) is 0 Å². The van der Waals surface area contributed by atoms with Gasteiger partial charge in [-0.2, -0.15) is 0 Å². The molecule has 0 radical (unpaired) electrons. The standard InChI is InChI=1S/C5H8.C5H6.Mg/c2*1-2-4-5-3-1;/h1-2H,3-5H2;1-4H,5H2;/q-2;;+2. The minimum atomic E-state index is 0. The van der Waals surface area contributed by atoms with Crippen molar-refractivity contribution in [2.75, 3.05) is 0 Å². The van der Waals surface area contributed by atoms with Crippen LogP contribution in [0.2, 0.25) is 0 Å². The molecule has 2 aliphatic carbocycles. The zero-order valence-corrected chi connectivity index (χ0v) is 8.41. The van der Waals surface area contributed by atoms with E-state index in [0.29, 0.717) is 0 Å². The van der Waals surface area contributed by atoms with Gasteiger partial charge >= 0.3 is 23.1 Å². The normalized spacial score (nSPS) is 18.9. The molecule has 0 amide bonds. The quantitative estimate of drug-likeness (QED) is 0.376. The molecule has 0 nitrogen and oxygen atoms in total. The third-order valence-electron chi connectivity index (χ3n) is 1.56. The minimum Gasteiger partial charge on any atom is -0.495 e. The van der Waals surface area contributed by atoms with Crippen LogP contribution in [0.5, 0.6) is 0 Å². The summed E-state index contributed by atoms with van der Waals surface area (Å²) in [7, 11) is 0. The van der Waals surface area contributed by atoms with Gasteiger partial charge in [-0.1, -0.05) is 24.3 Å². The fraction of sp³-hybridized carbons (Fsp3) is 0.400. The molecule has 11 heavy (non-hydrogen) atoms. The molecule has 0 aromatic heterocycles. The second kappa shape index (κ2) is 8.34. The molecule has 0 N–H and O–H groups in total. The molecular weight excluding hydrogens is 144 g/mol. The summed E-state index contributed by atoms with van der Waals surface area (Å²) in [6, 6.07) is 0. The summed E-state index contributed by atoms with van der Waals surface area (Å²) in [6.45, 7) is 0. The van der Waals surface area contributed by atoms with Crippen LogP contribution in [-0.4, -0.2) is 23.1 Å². The summed E-state index contributed by atoms with van der Waals surface area (Å²) in [5.74, 6) is 0. The Bertz CT molecular complexity index is 103. The maximum atomic E-state index is 2.24. The van der Waals surface area contributed by atoms with Crippen LogP contribution in [0, 0.1) is 12.8 Å². The van der Waals surface area contributed by atoms with Crippen LogP contribution in [0.15, 0.2) is 24.3 Å². The molecule has 0 bridgehead atoms. The van der Waals surface area contributed by atoms with Gasteiger partial charge < -0.3 is 12.8 Å². The molecule has 56 valence electrons. The smallest absolute Gasteiger partial charge is 0.495 e. The predicted octanol–water partition coefficient (Wildman–Crippen LogP) is 2.70. The van der Waals surface area contributed by atoms with E-state index in [-0.39, 0.29) is 23.1 Å². The third-order valence-corrected chi connectivity index (χ3v) is 1.56. The number of allylic oxidation sites excluding steroid dienone is 4. The van der Waals surface area contributed by atoms with Gasteiger partial charge in [0.05, 0.1) is 0 Å². The van der Waals surface area contributed by atoms with Gasteiger partial charge in [-0.3, -0.25) is 0 Å². The van der Waals surface area contributed by atoms with Gasteiger partial charge in [0.15, 0.2) is 0 Å². The third kappa shape index (κ3) is 6.64. The molecule has 1 heteroatoms. The summed E-state index contributed by atoms with van der Waals surface area (Å²) < 4.78 is 0. The van der Waals surface area contributed by atoms with E-state index in [4.69, 9.17) is 0 Å². The predicted molar refractivity (Wildman–Crippen MR) is 51.1 cm³/mol. The van der Waals surface area contributed by atoms with Gasteiger partial charge in [-0.05, 0) is 6.42 Å². The number of hydrogen-bond acceptors (Lipinski definition) is 0. The first-order valence-electron chi connectivity index (χ1n) is 3.97. The van der Waals surface area contributed by atoms with Crippen molar-refractivity contribution in [1.82, 2.24) is 0 Å². The average molecular weight is 159 g/mol. The Morgan fingerprint density at radius 2 is 1.45 bits per heavy atom. The Balaban J connectivity index is 0.000000167. The Kier molecular flexibility index (Phi) is 8.53. The summed E-state index contributed by atoms with van der Waals surface area (Å²) in [5.41, 5.74) is 0. The number of rotatable bonds is 0. The first-order chi connectivity index (χ1) is 5.00. The monoisotopic (exact) mass is 158 g/mol. The van der Waals surface area contributed by atoms with Crippen molar-refractivity contribution in [3.63, 3.8) is 0 Å². The summed E-state index contributed by atoms with van der Waals surface area (Å²) in [4.78, 5) is 0. The molecule has 0 aromatic rings. The van der Waals surface area contributed by atoms with Gasteiger partial charge in [0.1, 0.15) is 0 Å². The zero-order chi connectivity index (χ0) is 7.07. The van der Waals surface area contributed by atoms with Gasteiger partial charge in [-0.25, -0.2) is 12.8 Å². The molecular formula is C10H14Mg. The zero-order valence-electron chi connectivity index (χ0n) is 7.00. The van der Waals surface area contributed by atoms with Crippen molar-refractivity contribution in [1.29, 1.82) is 0 Å². The van der Waals surface area contributed by atoms with Crippen LogP contribution in [-0.2, 0) is 0 Å². The van der Waals surface area contributed by atoms with Crippen LogP contribution in [0.4, 0.5) is 0 Å². The molecule has 0 spiro atoms. The fourth-order valence-corrected chi connectivity index (χ4v) is 0.982. The van der Waals surface area contributed by atoms with Crippen molar-refractivity contribution in [2.24, 2.45) is 0 Å². The molecule has 0 heterocycles. The van der Waals surface area contributed by atoms with Crippen molar-refractivity contribution >= 4 is 23.1 Å². The van der Waals surface area contributed by atoms with Crippen LogP contribution in [0.3, 0.4) is 0 Å². The molecule has 2 aliphatic rings. The minimum absolute atomic E-state index is 0. The first-order valence-corrected chi connectivity index (χ1v) is 3.97. The summed E-state index contributed by atoms with van der Waals surface area (Å²) >= 11 is 0. The van der Waals surface area contributed by atoms with Crippen LogP contribution in [0.25, 0.3) is 0 Å². The topological polar surface area (TPSA) is 0 Å². The Labute approximate surface area is 85.9 Å². The average Bonchev–Trinajstić information content (AvgIpc) is 2.67. The second-order valence-corrected chi connectivity index (χ2v) is 2.49. The maximum absolute atomic E-state index is 2.24. The van der Waals surface area contributed by atoms with E-state index >= 15 is 0 Å². The van der Waals surface area contributed by atoms with Crippen molar-refractivity contribution in [3.05, 3.63) is 37.1 Å². The van der Waals surface area contributed by atoms with E-state index in [2.05, 4.69) is 37.1 Å². The van der Waals surface area contributed by atoms with E-state index < -0.39 is 0 Å². The van der Waals surface area contributed by atoms with E-state index in [0.717, 1.165) is 6.42 Å². The van der Waals surface area contributed by atoms with Crippen LogP contribution < -0.4 is 0 Å². The SMILES string of the molecule is C1=CCC=C1.[CH-]1[CH-]CCC1.[Mg+2]. The number of hydrogen-bond donors (Lipinski definition) is 0. The van der Waals surface area contributed by atoms with Gasteiger partial charge in [-0.15, -0.1) is 6.42 Å². The van der Waals surface area contributed by atoms with Crippen molar-refractivity contribution in [2.45, 2.75) is 25.7 Å². The molecule has 0 unspecified atom stereocenters. The van der Waals surface area contributed by atoms with Crippen LogP contribution >= 0.6 is 0 Å². The maximum Gasteiger partial charge on any atom is 2.00 e. The Morgan fingerprint density at radius 3 is 1.64 bits per heavy atom. The largest absolute Gasteiger partial charge is 2.00 e. The molecule has 2 rings (SSSR count). The summed E-state index contributed by atoms with van der Waals surface area (Å²) in [6.07, 6.45) is 18.0. The van der Waals surface area contributed by atoms with E-state index in [9.17, 15) is 0 Å². The van der Waals surface area contributed by atoms with E-state index in [1.165, 1.54) is 19.3 Å². The van der Waals surface area contributed by atoms with Crippen molar-refractivity contribution < 1.29 is 0 Å². The fourth-order valence-electron chi connectivity index (χ4n) is 0.982. The van der Waals surface area contributed by atoms with Gasteiger partial charge in [0, 0.05) is 0 Å². The first kappa shape index (κ1) is 11.2. The molecule has 0 atom stereocenters. The van der Waals surface area contributed by atoms with E-state index in [1.807, 2.05) is 0 Å².